The molecule has 1 fully saturated rings. The minimum Gasteiger partial charge on any atom is -0.481 e. The lowest BCUT2D eigenvalue weighted by molar-refractivity contribution is -0.156. The molecule has 0 saturated heterocycles. The summed E-state index contributed by atoms with van der Waals surface area (Å²) >= 11 is 0. The smallest absolute Gasteiger partial charge is 0.311 e. The summed E-state index contributed by atoms with van der Waals surface area (Å²) in [6.45, 7) is 4.72. The molecule has 0 radical (unpaired) electrons. The summed E-state index contributed by atoms with van der Waals surface area (Å²) in [6, 6.07) is 0. The molecule has 0 atom stereocenters. The Kier molecular flexibility index (Phi) is 4.73. The summed E-state index contributed by atoms with van der Waals surface area (Å²) in [6.07, 6.45) is 6.71. The van der Waals surface area contributed by atoms with Gasteiger partial charge in [-0.25, -0.2) is 4.68 Å². The maximum atomic E-state index is 11.5. The highest BCUT2D eigenvalue weighted by atomic mass is 16.4. The van der Waals surface area contributed by atoms with Crippen LogP contribution in [0.15, 0.2) is 0 Å². The van der Waals surface area contributed by atoms with Crippen LogP contribution in [0.3, 0.4) is 0 Å². The van der Waals surface area contributed by atoms with Gasteiger partial charge in [-0.3, -0.25) is 4.79 Å². The highest BCUT2D eigenvalue weighted by Crippen LogP contribution is 2.43. The van der Waals surface area contributed by atoms with Crippen molar-refractivity contribution in [2.75, 3.05) is 0 Å². The van der Waals surface area contributed by atoms with E-state index in [1.54, 1.807) is 4.68 Å². The monoisotopic (exact) mass is 280 g/mol. The number of tetrazole rings is 1. The van der Waals surface area contributed by atoms with E-state index in [0.717, 1.165) is 50.8 Å². The first-order chi connectivity index (χ1) is 9.63. The summed E-state index contributed by atoms with van der Waals surface area (Å²) in [7, 11) is 0. The SMILES string of the molecule is CCCC(CCC)c1nnnn1CC1(C(=O)O)CCC1. The van der Waals surface area contributed by atoms with E-state index < -0.39 is 11.4 Å². The Labute approximate surface area is 119 Å². The van der Waals surface area contributed by atoms with Crippen molar-refractivity contribution < 1.29 is 9.90 Å². The lowest BCUT2D eigenvalue weighted by Gasteiger charge is -2.37. The van der Waals surface area contributed by atoms with Crippen molar-refractivity contribution >= 4 is 5.97 Å². The van der Waals surface area contributed by atoms with Crippen molar-refractivity contribution in [3.05, 3.63) is 5.82 Å². The Hall–Kier alpha value is -1.46. The third kappa shape index (κ3) is 2.83. The zero-order chi connectivity index (χ0) is 14.6. The van der Waals surface area contributed by atoms with Crippen molar-refractivity contribution in [2.45, 2.75) is 71.3 Å². The van der Waals surface area contributed by atoms with Gasteiger partial charge < -0.3 is 5.11 Å². The number of hydrogen-bond donors (Lipinski definition) is 1. The van der Waals surface area contributed by atoms with Crippen LogP contribution >= 0.6 is 0 Å². The molecule has 1 aromatic rings. The fraction of sp³-hybridized carbons (Fsp3) is 0.857. The molecule has 20 heavy (non-hydrogen) atoms. The first kappa shape index (κ1) is 14.9. The predicted octanol–water partition coefficient (Wildman–Crippen LogP) is 2.61. The van der Waals surface area contributed by atoms with Gasteiger partial charge in [-0.2, -0.15) is 0 Å². The van der Waals surface area contributed by atoms with Crippen molar-refractivity contribution in [1.82, 2.24) is 20.2 Å². The van der Waals surface area contributed by atoms with Gasteiger partial charge in [0.1, 0.15) is 0 Å². The topological polar surface area (TPSA) is 80.9 Å². The number of aliphatic carboxylic acids is 1. The summed E-state index contributed by atoms with van der Waals surface area (Å²) in [4.78, 5) is 11.5. The minimum atomic E-state index is -0.715. The largest absolute Gasteiger partial charge is 0.481 e. The van der Waals surface area contributed by atoms with Crippen LogP contribution in [0.1, 0.15) is 70.5 Å². The standard InChI is InChI=1S/C14H24N4O2/c1-3-6-11(7-4-2)12-15-16-17-18(12)10-14(13(19)20)8-5-9-14/h11H,3-10H2,1-2H3,(H,19,20). The second-order valence-corrected chi connectivity index (χ2v) is 5.91. The van der Waals surface area contributed by atoms with Crippen LogP contribution in [-0.4, -0.2) is 31.3 Å². The van der Waals surface area contributed by atoms with Gasteiger partial charge in [0, 0.05) is 5.92 Å². The Bertz CT molecular complexity index is 448. The van der Waals surface area contributed by atoms with Crippen molar-refractivity contribution in [3.8, 4) is 0 Å². The molecule has 1 aliphatic rings. The maximum absolute atomic E-state index is 11.5. The van der Waals surface area contributed by atoms with E-state index in [1.165, 1.54) is 0 Å². The minimum absolute atomic E-state index is 0.339. The van der Waals surface area contributed by atoms with Gasteiger partial charge in [0.25, 0.3) is 0 Å². The molecule has 1 aromatic heterocycles. The van der Waals surface area contributed by atoms with Crippen molar-refractivity contribution in [2.24, 2.45) is 5.41 Å². The highest BCUT2D eigenvalue weighted by Gasteiger charge is 2.45. The van der Waals surface area contributed by atoms with Crippen LogP contribution in [0.5, 0.6) is 0 Å². The van der Waals surface area contributed by atoms with Gasteiger partial charge in [0.05, 0.1) is 12.0 Å². The molecule has 1 heterocycles. The lowest BCUT2D eigenvalue weighted by Crippen LogP contribution is -2.42. The molecule has 0 aliphatic heterocycles. The molecule has 0 unspecified atom stereocenters. The van der Waals surface area contributed by atoms with E-state index in [9.17, 15) is 9.90 Å². The molecule has 6 nitrogen and oxygen atoms in total. The van der Waals surface area contributed by atoms with E-state index in [1.807, 2.05) is 0 Å². The van der Waals surface area contributed by atoms with E-state index in [-0.39, 0.29) is 0 Å². The molecule has 0 bridgehead atoms. The molecule has 1 N–H and O–H groups in total. The zero-order valence-electron chi connectivity index (χ0n) is 12.4. The Balaban J connectivity index is 2.17. The van der Waals surface area contributed by atoms with Crippen molar-refractivity contribution in [3.63, 3.8) is 0 Å². The summed E-state index contributed by atoms with van der Waals surface area (Å²) in [5.74, 6) is 0.486. The van der Waals surface area contributed by atoms with Crippen LogP contribution in [0.4, 0.5) is 0 Å². The van der Waals surface area contributed by atoms with Crippen LogP contribution < -0.4 is 0 Å². The van der Waals surface area contributed by atoms with Gasteiger partial charge in [0.15, 0.2) is 5.82 Å². The van der Waals surface area contributed by atoms with E-state index in [4.69, 9.17) is 0 Å². The van der Waals surface area contributed by atoms with Crippen LogP contribution in [-0.2, 0) is 11.3 Å². The molecule has 1 aliphatic carbocycles. The van der Waals surface area contributed by atoms with Gasteiger partial charge in [0.2, 0.25) is 0 Å². The Morgan fingerprint density at radius 1 is 1.35 bits per heavy atom. The fourth-order valence-corrected chi connectivity index (χ4v) is 3.05. The van der Waals surface area contributed by atoms with E-state index >= 15 is 0 Å². The molecule has 0 amide bonds. The molecule has 112 valence electrons. The summed E-state index contributed by atoms with van der Waals surface area (Å²) < 4.78 is 1.74. The molecule has 0 aromatic carbocycles. The van der Waals surface area contributed by atoms with E-state index in [0.29, 0.717) is 12.5 Å². The fourth-order valence-electron chi connectivity index (χ4n) is 3.05. The molecular formula is C14H24N4O2. The third-order valence-electron chi connectivity index (χ3n) is 4.42. The average molecular weight is 280 g/mol. The number of carbonyl (C=O) groups is 1. The average Bonchev–Trinajstić information content (AvgIpc) is 2.81. The van der Waals surface area contributed by atoms with Gasteiger partial charge in [-0.1, -0.05) is 33.1 Å². The first-order valence-electron chi connectivity index (χ1n) is 7.62. The lowest BCUT2D eigenvalue weighted by atomic mass is 9.69. The Morgan fingerprint density at radius 2 is 2.00 bits per heavy atom. The Morgan fingerprint density at radius 3 is 2.45 bits per heavy atom. The molecule has 2 rings (SSSR count). The number of hydrogen-bond acceptors (Lipinski definition) is 4. The van der Waals surface area contributed by atoms with E-state index in [2.05, 4.69) is 29.4 Å². The number of carboxylic acids is 1. The summed E-state index contributed by atoms with van der Waals surface area (Å²) in [5, 5.41) is 21.4. The van der Waals surface area contributed by atoms with Crippen LogP contribution in [0, 0.1) is 5.41 Å². The molecular weight excluding hydrogens is 256 g/mol. The molecule has 1 saturated carbocycles. The summed E-state index contributed by atoms with van der Waals surface area (Å²) in [5.41, 5.74) is -0.646. The number of aromatic nitrogens is 4. The second-order valence-electron chi connectivity index (χ2n) is 5.91. The van der Waals surface area contributed by atoms with Gasteiger partial charge in [-0.15, -0.1) is 5.10 Å². The number of carboxylic acid groups (broad SMARTS) is 1. The van der Waals surface area contributed by atoms with Crippen LogP contribution in [0.25, 0.3) is 0 Å². The number of rotatable bonds is 8. The van der Waals surface area contributed by atoms with Gasteiger partial charge in [-0.05, 0) is 36.1 Å². The second kappa shape index (κ2) is 6.33. The van der Waals surface area contributed by atoms with Crippen LogP contribution in [0.2, 0.25) is 0 Å². The van der Waals surface area contributed by atoms with Crippen molar-refractivity contribution in [1.29, 1.82) is 0 Å². The zero-order valence-corrected chi connectivity index (χ0v) is 12.4. The highest BCUT2D eigenvalue weighted by molar-refractivity contribution is 5.75. The first-order valence-corrected chi connectivity index (χ1v) is 7.62. The number of nitrogens with zero attached hydrogens (tertiary/aromatic N) is 4. The maximum Gasteiger partial charge on any atom is 0.311 e. The quantitative estimate of drug-likeness (QED) is 0.791. The predicted molar refractivity (Wildman–Crippen MR) is 74.3 cm³/mol. The molecule has 6 heteroatoms. The van der Waals surface area contributed by atoms with Gasteiger partial charge >= 0.3 is 5.97 Å². The molecule has 0 spiro atoms. The third-order valence-corrected chi connectivity index (χ3v) is 4.42. The normalized spacial score (nSPS) is 17.1.